The van der Waals surface area contributed by atoms with E-state index in [0.717, 1.165) is 37.8 Å². The maximum atomic E-state index is 13.1. The minimum absolute atomic E-state index is 0.442. The van der Waals surface area contributed by atoms with Crippen LogP contribution in [-0.2, 0) is 6.18 Å². The summed E-state index contributed by atoms with van der Waals surface area (Å²) >= 11 is 0. The molecule has 0 fully saturated rings. The maximum absolute atomic E-state index is 13.1. The summed E-state index contributed by atoms with van der Waals surface area (Å²) in [6.45, 7) is 5.02. The summed E-state index contributed by atoms with van der Waals surface area (Å²) in [5, 5.41) is 3.78. The molecule has 0 spiro atoms. The largest absolute Gasteiger partial charge is 0.490 e. The molecular weight excluding hydrogens is 409 g/mol. The number of hydrazone groups is 1. The Morgan fingerprint density at radius 1 is 1.03 bits per heavy atom. The summed E-state index contributed by atoms with van der Waals surface area (Å²) in [7, 11) is 0. The van der Waals surface area contributed by atoms with Gasteiger partial charge in [-0.1, -0.05) is 38.3 Å². The molecule has 168 valence electrons. The van der Waals surface area contributed by atoms with Crippen molar-refractivity contribution in [3.05, 3.63) is 59.2 Å². The Labute approximate surface area is 180 Å². The number of nitrogens with zero attached hydrogens (tertiary/aromatic N) is 1. The van der Waals surface area contributed by atoms with E-state index in [2.05, 4.69) is 17.5 Å². The topological polar surface area (TPSA) is 59.9 Å². The van der Waals surface area contributed by atoms with Crippen molar-refractivity contribution >= 4 is 12.1 Å². The molecule has 8 heteroatoms. The number of hydrogen-bond donors (Lipinski definition) is 1. The van der Waals surface area contributed by atoms with E-state index >= 15 is 0 Å². The summed E-state index contributed by atoms with van der Waals surface area (Å²) in [6, 6.07) is 9.72. The molecule has 2 rings (SSSR count). The van der Waals surface area contributed by atoms with Gasteiger partial charge >= 0.3 is 6.18 Å². The number of alkyl halides is 3. The van der Waals surface area contributed by atoms with Gasteiger partial charge in [0.2, 0.25) is 0 Å². The van der Waals surface area contributed by atoms with Gasteiger partial charge in [-0.15, -0.1) is 0 Å². The van der Waals surface area contributed by atoms with Gasteiger partial charge in [-0.3, -0.25) is 4.79 Å². The van der Waals surface area contributed by atoms with Crippen LogP contribution in [0.15, 0.2) is 47.6 Å². The highest BCUT2D eigenvalue weighted by Crippen LogP contribution is 2.32. The fourth-order valence-electron chi connectivity index (χ4n) is 2.86. The van der Waals surface area contributed by atoms with Crippen LogP contribution in [0.2, 0.25) is 0 Å². The van der Waals surface area contributed by atoms with Gasteiger partial charge in [0.05, 0.1) is 30.6 Å². The van der Waals surface area contributed by atoms with E-state index in [1.165, 1.54) is 18.3 Å². The predicted octanol–water partition coefficient (Wildman–Crippen LogP) is 5.83. The highest BCUT2D eigenvalue weighted by molar-refractivity contribution is 5.96. The van der Waals surface area contributed by atoms with E-state index in [1.807, 2.05) is 6.92 Å². The number of unbranched alkanes of at least 4 members (excludes halogenated alkanes) is 3. The number of halogens is 3. The molecule has 0 aromatic heterocycles. The van der Waals surface area contributed by atoms with Crippen LogP contribution in [0.4, 0.5) is 13.2 Å². The molecule has 0 saturated carbocycles. The van der Waals surface area contributed by atoms with E-state index in [-0.39, 0.29) is 0 Å². The Balaban J connectivity index is 2.04. The summed E-state index contributed by atoms with van der Waals surface area (Å²) in [5.74, 6) is 0.204. The first-order valence-electron chi connectivity index (χ1n) is 10.3. The Bertz CT molecular complexity index is 883. The molecule has 0 atom stereocenters. The highest BCUT2D eigenvalue weighted by atomic mass is 19.4. The first-order chi connectivity index (χ1) is 14.9. The average Bonchev–Trinajstić information content (AvgIpc) is 2.74. The first-order valence-corrected chi connectivity index (χ1v) is 10.3. The van der Waals surface area contributed by atoms with E-state index < -0.39 is 23.2 Å². The quantitative estimate of drug-likeness (QED) is 0.274. The maximum Gasteiger partial charge on any atom is 0.417 e. The van der Waals surface area contributed by atoms with Crippen LogP contribution in [0.1, 0.15) is 61.0 Å². The van der Waals surface area contributed by atoms with E-state index in [0.29, 0.717) is 30.3 Å². The first kappa shape index (κ1) is 24.2. The second-order valence-electron chi connectivity index (χ2n) is 6.79. The molecule has 1 N–H and O–H groups in total. The normalized spacial score (nSPS) is 11.5. The zero-order valence-corrected chi connectivity index (χ0v) is 17.7. The van der Waals surface area contributed by atoms with Gasteiger partial charge in [-0.2, -0.15) is 18.3 Å². The lowest BCUT2D eigenvalue weighted by Gasteiger charge is -2.12. The van der Waals surface area contributed by atoms with Crippen molar-refractivity contribution in [2.24, 2.45) is 5.10 Å². The smallest absolute Gasteiger partial charge is 0.417 e. The molecule has 31 heavy (non-hydrogen) atoms. The summed E-state index contributed by atoms with van der Waals surface area (Å²) in [4.78, 5) is 12.1. The van der Waals surface area contributed by atoms with Crippen LogP contribution in [0.3, 0.4) is 0 Å². The molecule has 2 aromatic rings. The summed E-state index contributed by atoms with van der Waals surface area (Å²) in [5.41, 5.74) is 1.24. The van der Waals surface area contributed by atoms with Crippen LogP contribution >= 0.6 is 0 Å². The van der Waals surface area contributed by atoms with Crippen molar-refractivity contribution < 1.29 is 27.4 Å². The minimum atomic E-state index is -4.63. The van der Waals surface area contributed by atoms with Crippen molar-refractivity contribution in [3.63, 3.8) is 0 Å². The van der Waals surface area contributed by atoms with Crippen LogP contribution in [0, 0.1) is 0 Å². The van der Waals surface area contributed by atoms with Gasteiger partial charge in [-0.25, -0.2) is 5.43 Å². The van der Waals surface area contributed by atoms with Gasteiger partial charge in [0.25, 0.3) is 5.91 Å². The van der Waals surface area contributed by atoms with Crippen molar-refractivity contribution in [2.45, 2.75) is 45.7 Å². The third kappa shape index (κ3) is 7.62. The predicted molar refractivity (Wildman–Crippen MR) is 114 cm³/mol. The molecule has 0 aliphatic carbocycles. The minimum Gasteiger partial charge on any atom is -0.490 e. The SMILES string of the molecule is CCCCCCOc1ccc(C=NNC(=O)c2ccccc2C(F)(F)F)cc1OCC. The molecule has 0 heterocycles. The van der Waals surface area contributed by atoms with Gasteiger partial charge in [0.15, 0.2) is 11.5 Å². The molecule has 2 aromatic carbocycles. The Morgan fingerprint density at radius 3 is 2.52 bits per heavy atom. The summed E-state index contributed by atoms with van der Waals surface area (Å²) in [6.07, 6.45) is 1.07. The molecule has 0 unspecified atom stereocenters. The van der Waals surface area contributed by atoms with Gasteiger partial charge in [0.1, 0.15) is 0 Å². The van der Waals surface area contributed by atoms with E-state index in [9.17, 15) is 18.0 Å². The number of carbonyl (C=O) groups is 1. The van der Waals surface area contributed by atoms with Crippen LogP contribution in [0.25, 0.3) is 0 Å². The summed E-state index contributed by atoms with van der Waals surface area (Å²) < 4.78 is 50.6. The number of carbonyl (C=O) groups excluding carboxylic acids is 1. The average molecular weight is 436 g/mol. The van der Waals surface area contributed by atoms with Crippen molar-refractivity contribution in [1.29, 1.82) is 0 Å². The van der Waals surface area contributed by atoms with Gasteiger partial charge < -0.3 is 9.47 Å². The van der Waals surface area contributed by atoms with Gasteiger partial charge in [-0.05, 0) is 49.2 Å². The standard InChI is InChI=1S/C23H27F3N2O3/c1-3-5-6-9-14-31-20-13-12-17(15-21(20)30-4-2)16-27-28-22(29)18-10-7-8-11-19(18)23(24,25)26/h7-8,10-13,15-16H,3-6,9,14H2,1-2H3,(H,28,29). The lowest BCUT2D eigenvalue weighted by molar-refractivity contribution is -0.137. The van der Waals surface area contributed by atoms with Crippen molar-refractivity contribution in [3.8, 4) is 11.5 Å². The number of amides is 1. The highest BCUT2D eigenvalue weighted by Gasteiger charge is 2.34. The number of ether oxygens (including phenoxy) is 2. The molecule has 5 nitrogen and oxygen atoms in total. The number of rotatable bonds is 11. The second-order valence-corrected chi connectivity index (χ2v) is 6.79. The Morgan fingerprint density at radius 2 is 1.81 bits per heavy atom. The van der Waals surface area contributed by atoms with E-state index in [4.69, 9.17) is 9.47 Å². The third-order valence-electron chi connectivity index (χ3n) is 4.38. The fourth-order valence-corrected chi connectivity index (χ4v) is 2.86. The Kier molecular flexibility index (Phi) is 9.37. The van der Waals surface area contributed by atoms with Crippen LogP contribution in [-0.4, -0.2) is 25.3 Å². The molecule has 0 bridgehead atoms. The fraction of sp³-hybridized carbons (Fsp3) is 0.391. The lowest BCUT2D eigenvalue weighted by Crippen LogP contribution is -2.22. The van der Waals surface area contributed by atoms with Crippen molar-refractivity contribution in [2.75, 3.05) is 13.2 Å². The zero-order chi connectivity index (χ0) is 22.7. The Hall–Kier alpha value is -3.03. The number of hydrogen-bond acceptors (Lipinski definition) is 4. The zero-order valence-electron chi connectivity index (χ0n) is 17.7. The molecule has 0 radical (unpaired) electrons. The molecule has 0 aliphatic heterocycles. The van der Waals surface area contributed by atoms with Crippen molar-refractivity contribution in [1.82, 2.24) is 5.43 Å². The number of nitrogens with one attached hydrogen (secondary N) is 1. The van der Waals surface area contributed by atoms with Crippen LogP contribution < -0.4 is 14.9 Å². The molecular formula is C23H27F3N2O3. The van der Waals surface area contributed by atoms with E-state index in [1.54, 1.807) is 18.2 Å². The monoisotopic (exact) mass is 436 g/mol. The number of benzene rings is 2. The lowest BCUT2D eigenvalue weighted by atomic mass is 10.1. The molecule has 0 saturated heterocycles. The second kappa shape index (κ2) is 12.0. The van der Waals surface area contributed by atoms with Gasteiger partial charge in [0, 0.05) is 0 Å². The van der Waals surface area contributed by atoms with Crippen LogP contribution in [0.5, 0.6) is 11.5 Å². The molecule has 0 aliphatic rings. The molecule has 1 amide bonds. The third-order valence-corrected chi connectivity index (χ3v) is 4.38.